The fourth-order valence-corrected chi connectivity index (χ4v) is 6.86. The summed E-state index contributed by atoms with van der Waals surface area (Å²) in [5.41, 5.74) is 6.98. The second-order valence-corrected chi connectivity index (χ2v) is 13.3. The summed E-state index contributed by atoms with van der Waals surface area (Å²) in [6.45, 7) is 0.762. The Morgan fingerprint density at radius 1 is 1.11 bits per heavy atom. The minimum atomic E-state index is -4.47. The minimum Gasteiger partial charge on any atom is -0.383 e. The highest BCUT2D eigenvalue weighted by molar-refractivity contribution is 7.88. The average molecular weight is 645 g/mol. The lowest BCUT2D eigenvalue weighted by Crippen LogP contribution is -2.38. The van der Waals surface area contributed by atoms with E-state index < -0.39 is 27.6 Å². The second-order valence-electron chi connectivity index (χ2n) is 11.3. The third-order valence-corrected chi connectivity index (χ3v) is 9.82. The average Bonchev–Trinajstić information content (AvgIpc) is 3.29. The number of piperidine rings is 1. The van der Waals surface area contributed by atoms with Crippen LogP contribution in [-0.2, 0) is 15.4 Å². The molecule has 0 radical (unpaired) electrons. The molecule has 1 aliphatic carbocycles. The van der Waals surface area contributed by atoms with Gasteiger partial charge in [-0.05, 0) is 37.8 Å². The molecule has 1 saturated heterocycles. The van der Waals surface area contributed by atoms with Gasteiger partial charge in [0, 0.05) is 49.4 Å². The lowest BCUT2D eigenvalue weighted by atomic mass is 10.0. The number of anilines is 3. The zero-order valence-electron chi connectivity index (χ0n) is 23.7. The molecule has 0 bridgehead atoms. The van der Waals surface area contributed by atoms with Gasteiger partial charge in [-0.1, -0.05) is 5.16 Å². The molecule has 2 aliphatic rings. The summed E-state index contributed by atoms with van der Waals surface area (Å²) in [5, 5.41) is 9.29. The molecule has 6 heterocycles. The van der Waals surface area contributed by atoms with Gasteiger partial charge in [0.2, 0.25) is 10.0 Å². The van der Waals surface area contributed by atoms with Gasteiger partial charge in [-0.2, -0.15) is 13.2 Å². The number of nitrogens with two attached hydrogens (primary N) is 1. The van der Waals surface area contributed by atoms with E-state index in [9.17, 15) is 26.4 Å². The molecule has 236 valence electrons. The molecule has 14 nitrogen and oxygen atoms in total. The van der Waals surface area contributed by atoms with E-state index in [2.05, 4.69) is 30.7 Å². The molecule has 4 N–H and O–H groups in total. The Morgan fingerprint density at radius 3 is 2.56 bits per heavy atom. The van der Waals surface area contributed by atoms with Crippen molar-refractivity contribution in [3.8, 4) is 11.3 Å². The fraction of sp³-hybridized carbons (Fsp3) is 0.370. The van der Waals surface area contributed by atoms with Crippen molar-refractivity contribution in [3.63, 3.8) is 0 Å². The number of nitrogens with one attached hydrogen (secondary N) is 2. The number of halogens is 3. The highest BCUT2D eigenvalue weighted by atomic mass is 32.2. The van der Waals surface area contributed by atoms with Crippen LogP contribution in [0.1, 0.15) is 37.5 Å². The minimum absolute atomic E-state index is 0.0283. The van der Waals surface area contributed by atoms with Crippen LogP contribution in [0, 0.1) is 0 Å². The number of urea groups is 1. The van der Waals surface area contributed by atoms with Crippen molar-refractivity contribution in [3.05, 3.63) is 48.9 Å². The Kier molecular flexibility index (Phi) is 6.55. The van der Waals surface area contributed by atoms with Crippen molar-refractivity contribution in [2.24, 2.45) is 0 Å². The predicted molar refractivity (Wildman–Crippen MR) is 157 cm³/mol. The van der Waals surface area contributed by atoms with Crippen LogP contribution >= 0.6 is 0 Å². The largest absolute Gasteiger partial charge is 0.401 e. The van der Waals surface area contributed by atoms with Gasteiger partial charge in [-0.15, -0.1) is 0 Å². The maximum atomic E-state index is 13.4. The summed E-state index contributed by atoms with van der Waals surface area (Å²) in [7, 11) is -3.29. The maximum absolute atomic E-state index is 13.4. The first-order chi connectivity index (χ1) is 21.4. The second kappa shape index (κ2) is 10.2. The number of carbonyl (C=O) groups is 1. The third-order valence-electron chi connectivity index (χ3n) is 8.51. The lowest BCUT2D eigenvalue weighted by Gasteiger charge is -2.31. The summed E-state index contributed by atoms with van der Waals surface area (Å²) < 4.78 is 74.5. The number of nitrogen functional groups attached to an aromatic ring is 1. The fourth-order valence-electron chi connectivity index (χ4n) is 5.99. The molecule has 7 rings (SSSR count). The quantitative estimate of drug-likeness (QED) is 0.245. The number of alkyl halides is 3. The third kappa shape index (κ3) is 4.93. The molecule has 0 atom stereocenters. The van der Waals surface area contributed by atoms with Gasteiger partial charge in [0.05, 0.1) is 23.0 Å². The Bertz CT molecular complexity index is 2060. The van der Waals surface area contributed by atoms with Gasteiger partial charge < -0.3 is 20.1 Å². The monoisotopic (exact) mass is 644 g/mol. The van der Waals surface area contributed by atoms with Crippen molar-refractivity contribution in [1.82, 2.24) is 33.4 Å². The van der Waals surface area contributed by atoms with Crippen LogP contribution in [0.15, 0.2) is 47.6 Å². The molecule has 0 spiro atoms. The molecular formula is C27H27F3N10O4S. The van der Waals surface area contributed by atoms with Crippen molar-refractivity contribution in [2.75, 3.05) is 35.7 Å². The Balaban J connectivity index is 1.17. The van der Waals surface area contributed by atoms with Crippen molar-refractivity contribution in [2.45, 2.75) is 43.3 Å². The molecule has 1 saturated carbocycles. The van der Waals surface area contributed by atoms with Crippen LogP contribution in [0.4, 0.5) is 35.3 Å². The van der Waals surface area contributed by atoms with E-state index in [1.807, 2.05) is 10.8 Å². The normalized spacial score (nSPS) is 17.6. The standard InChI is InChI=1S/C27H27F3N10O4S/c1-45(42,43)38-9-4-15(5-10-38)40-13-16(21-22(31)33-14-34-24(21)40)18-3-2-17(23-32-8-11-39(18)23)35-25(41)36-20-12-19(44-37-20)26(6-7-26)27(28,29)30/h2-3,8,11-15H,4-7,9-10H2,1H3,(H2,31,33,34)(H2,35,36,37,41). The zero-order chi connectivity index (χ0) is 31.7. The molecule has 2 fully saturated rings. The van der Waals surface area contributed by atoms with Crippen LogP contribution in [-0.4, -0.2) is 73.4 Å². The van der Waals surface area contributed by atoms with E-state index >= 15 is 0 Å². The number of pyridine rings is 1. The van der Waals surface area contributed by atoms with Gasteiger partial charge in [-0.25, -0.2) is 32.5 Å². The Hall–Kier alpha value is -4.71. The molecule has 5 aromatic heterocycles. The maximum Gasteiger partial charge on any atom is 0.401 e. The van der Waals surface area contributed by atoms with Crippen LogP contribution in [0.2, 0.25) is 0 Å². The van der Waals surface area contributed by atoms with Gasteiger partial charge in [0.25, 0.3) is 0 Å². The SMILES string of the molecule is CS(=O)(=O)N1CCC(n2cc(-c3ccc(NC(=O)Nc4cc(C5(C(F)(F)F)CC5)on4)c4nccn34)c3c(N)ncnc32)CC1. The van der Waals surface area contributed by atoms with Gasteiger partial charge in [0.1, 0.15) is 23.2 Å². The van der Waals surface area contributed by atoms with Crippen molar-refractivity contribution in [1.29, 1.82) is 0 Å². The number of hydrogen-bond acceptors (Lipinski definition) is 9. The lowest BCUT2D eigenvalue weighted by molar-refractivity contribution is -0.165. The number of aromatic nitrogens is 6. The molecule has 18 heteroatoms. The van der Waals surface area contributed by atoms with E-state index in [0.29, 0.717) is 59.6 Å². The van der Waals surface area contributed by atoms with E-state index in [1.54, 1.807) is 28.9 Å². The Morgan fingerprint density at radius 2 is 1.87 bits per heavy atom. The topological polar surface area (TPSA) is 179 Å². The molecule has 45 heavy (non-hydrogen) atoms. The number of nitrogens with zero attached hydrogens (tertiary/aromatic N) is 7. The molecule has 0 unspecified atom stereocenters. The summed E-state index contributed by atoms with van der Waals surface area (Å²) in [4.78, 5) is 25.9. The van der Waals surface area contributed by atoms with E-state index in [1.165, 1.54) is 16.9 Å². The van der Waals surface area contributed by atoms with Gasteiger partial charge >= 0.3 is 12.2 Å². The van der Waals surface area contributed by atoms with Crippen molar-refractivity contribution < 1.29 is 30.9 Å². The first-order valence-electron chi connectivity index (χ1n) is 14.0. The van der Waals surface area contributed by atoms with Gasteiger partial charge in [-0.3, -0.25) is 9.72 Å². The summed E-state index contributed by atoms with van der Waals surface area (Å²) in [6.07, 6.45) is 4.27. The van der Waals surface area contributed by atoms with Crippen LogP contribution in [0.5, 0.6) is 0 Å². The molecule has 2 amide bonds. The van der Waals surface area contributed by atoms with Gasteiger partial charge in [0.15, 0.2) is 17.2 Å². The van der Waals surface area contributed by atoms with E-state index in [0.717, 1.165) is 6.07 Å². The number of fused-ring (bicyclic) bond motifs is 2. The van der Waals surface area contributed by atoms with Crippen LogP contribution in [0.25, 0.3) is 27.9 Å². The molecular weight excluding hydrogens is 617 g/mol. The smallest absolute Gasteiger partial charge is 0.383 e. The Labute approximate surface area is 253 Å². The number of hydrogen-bond donors (Lipinski definition) is 3. The molecule has 5 aromatic rings. The number of sulfonamides is 1. The van der Waals surface area contributed by atoms with E-state index in [-0.39, 0.29) is 36.3 Å². The highest BCUT2D eigenvalue weighted by Gasteiger charge is 2.67. The number of amides is 2. The number of carbonyl (C=O) groups excluding carboxylic acids is 1. The highest BCUT2D eigenvalue weighted by Crippen LogP contribution is 2.59. The zero-order valence-corrected chi connectivity index (χ0v) is 24.6. The van der Waals surface area contributed by atoms with E-state index in [4.69, 9.17) is 10.3 Å². The summed E-state index contributed by atoms with van der Waals surface area (Å²) in [6, 6.07) is 3.71. The molecule has 0 aromatic carbocycles. The number of imidazole rings is 1. The first-order valence-corrected chi connectivity index (χ1v) is 15.8. The van der Waals surface area contributed by atoms with Crippen LogP contribution in [0.3, 0.4) is 0 Å². The van der Waals surface area contributed by atoms with Crippen molar-refractivity contribution >= 4 is 50.1 Å². The predicted octanol–water partition coefficient (Wildman–Crippen LogP) is 4.15. The molecule has 1 aliphatic heterocycles. The number of rotatable bonds is 6. The first kappa shape index (κ1) is 29.0. The summed E-state index contributed by atoms with van der Waals surface area (Å²) in [5.74, 6) is -0.226. The van der Waals surface area contributed by atoms with Crippen LogP contribution < -0.4 is 16.4 Å². The summed E-state index contributed by atoms with van der Waals surface area (Å²) >= 11 is 0.